The Morgan fingerprint density at radius 2 is 1.70 bits per heavy atom. The van der Waals surface area contributed by atoms with E-state index in [2.05, 4.69) is 10.6 Å². The molecule has 178 valence electrons. The molecule has 9 heteroatoms. The number of nitrogens with one attached hydrogen (secondary N) is 2. The first kappa shape index (κ1) is 25.7. The molecule has 0 atom stereocenters. The zero-order valence-electron chi connectivity index (χ0n) is 19.5. The molecule has 0 unspecified atom stereocenters. The molecule has 0 bridgehead atoms. The molecular weight excluding hydrogens is 422 g/mol. The Labute approximate surface area is 194 Å². The molecule has 0 radical (unpaired) electrons. The van der Waals surface area contributed by atoms with Crippen LogP contribution in [0.2, 0.25) is 0 Å². The van der Waals surface area contributed by atoms with Crippen molar-refractivity contribution in [2.75, 3.05) is 51.4 Å². The van der Waals surface area contributed by atoms with E-state index >= 15 is 0 Å². The average Bonchev–Trinajstić information content (AvgIpc) is 2.78. The van der Waals surface area contributed by atoms with Crippen molar-refractivity contribution in [2.24, 2.45) is 0 Å². The lowest BCUT2D eigenvalue weighted by Gasteiger charge is -2.24. The Morgan fingerprint density at radius 3 is 2.33 bits per heavy atom. The molecule has 0 aliphatic carbocycles. The van der Waals surface area contributed by atoms with Crippen molar-refractivity contribution in [2.45, 2.75) is 19.9 Å². The number of nitrogen functional groups attached to an aromatic ring is 1. The van der Waals surface area contributed by atoms with Crippen molar-refractivity contribution in [1.82, 2.24) is 15.1 Å². The van der Waals surface area contributed by atoms with Gasteiger partial charge in [-0.2, -0.15) is 0 Å². The normalized spacial score (nSPS) is 10.5. The molecule has 9 nitrogen and oxygen atoms in total. The van der Waals surface area contributed by atoms with Crippen LogP contribution in [0.25, 0.3) is 0 Å². The quantitative estimate of drug-likeness (QED) is 0.354. The van der Waals surface area contributed by atoms with Crippen LogP contribution in [0.3, 0.4) is 0 Å². The van der Waals surface area contributed by atoms with Gasteiger partial charge in [-0.3, -0.25) is 9.59 Å². The van der Waals surface area contributed by atoms with Gasteiger partial charge in [-0.25, -0.2) is 4.79 Å². The maximum atomic E-state index is 12.7. The topological polar surface area (TPSA) is 117 Å². The first-order chi connectivity index (χ1) is 15.8. The molecule has 0 aromatic heterocycles. The van der Waals surface area contributed by atoms with E-state index in [0.717, 1.165) is 18.5 Å². The van der Waals surface area contributed by atoms with Gasteiger partial charge in [-0.05, 0) is 63.8 Å². The molecule has 4 N–H and O–H groups in total. The summed E-state index contributed by atoms with van der Waals surface area (Å²) in [6, 6.07) is 13.7. The third-order valence-electron chi connectivity index (χ3n) is 4.81. The molecule has 2 aromatic carbocycles. The zero-order valence-corrected chi connectivity index (χ0v) is 19.5. The zero-order chi connectivity index (χ0) is 24.2. The van der Waals surface area contributed by atoms with Gasteiger partial charge in [-0.1, -0.05) is 24.3 Å². The van der Waals surface area contributed by atoms with Gasteiger partial charge in [0, 0.05) is 18.7 Å². The first-order valence-corrected chi connectivity index (χ1v) is 10.9. The molecule has 3 amide bonds. The number of hydrogen-bond donors (Lipinski definition) is 3. The fourth-order valence-electron chi connectivity index (χ4n) is 3.09. The minimum absolute atomic E-state index is 0.182. The molecule has 0 saturated heterocycles. The number of ether oxygens (including phenoxy) is 1. The number of carbonyl (C=O) groups excluding carboxylic acids is 3. The lowest BCUT2D eigenvalue weighted by atomic mass is 10.1. The van der Waals surface area contributed by atoms with Gasteiger partial charge in [0.25, 0.3) is 5.91 Å². The number of hydrogen-bond acceptors (Lipinski definition) is 6. The van der Waals surface area contributed by atoms with Crippen molar-refractivity contribution in [1.29, 1.82) is 0 Å². The highest BCUT2D eigenvalue weighted by Crippen LogP contribution is 2.18. The smallest absolute Gasteiger partial charge is 0.325 e. The summed E-state index contributed by atoms with van der Waals surface area (Å²) in [4.78, 5) is 40.4. The molecule has 0 aliphatic rings. The summed E-state index contributed by atoms with van der Waals surface area (Å²) in [5, 5.41) is 5.40. The largest absolute Gasteiger partial charge is 0.465 e. The fraction of sp³-hybridized carbons (Fsp3) is 0.375. The number of anilines is 2. The number of benzene rings is 2. The van der Waals surface area contributed by atoms with Gasteiger partial charge in [0.15, 0.2) is 0 Å². The predicted molar refractivity (Wildman–Crippen MR) is 129 cm³/mol. The van der Waals surface area contributed by atoms with Crippen LogP contribution in [0.4, 0.5) is 16.2 Å². The Bertz CT molecular complexity index is 931. The molecule has 2 aromatic rings. The number of rotatable bonds is 11. The highest BCUT2D eigenvalue weighted by atomic mass is 16.5. The summed E-state index contributed by atoms with van der Waals surface area (Å²) >= 11 is 0. The summed E-state index contributed by atoms with van der Waals surface area (Å²) in [6.07, 6.45) is 0.777. The molecule has 0 aliphatic heterocycles. The van der Waals surface area contributed by atoms with Crippen LogP contribution < -0.4 is 16.4 Å². The molecule has 0 fully saturated rings. The maximum absolute atomic E-state index is 12.7. The first-order valence-electron chi connectivity index (χ1n) is 10.9. The Balaban J connectivity index is 2.02. The number of para-hydroxylation sites is 2. The third-order valence-corrected chi connectivity index (χ3v) is 4.81. The molecule has 33 heavy (non-hydrogen) atoms. The van der Waals surface area contributed by atoms with Gasteiger partial charge >= 0.3 is 12.0 Å². The number of nitrogens with zero attached hydrogens (tertiary/aromatic N) is 2. The highest BCUT2D eigenvalue weighted by Gasteiger charge is 2.16. The van der Waals surface area contributed by atoms with Gasteiger partial charge in [0.2, 0.25) is 0 Å². The van der Waals surface area contributed by atoms with E-state index in [9.17, 15) is 14.4 Å². The third kappa shape index (κ3) is 8.82. The van der Waals surface area contributed by atoms with Crippen molar-refractivity contribution >= 4 is 29.3 Å². The second kappa shape index (κ2) is 13.1. The molecular formula is C24H33N5O4. The average molecular weight is 456 g/mol. The van der Waals surface area contributed by atoms with Crippen LogP contribution in [0.15, 0.2) is 48.5 Å². The molecule has 0 heterocycles. The lowest BCUT2D eigenvalue weighted by Crippen LogP contribution is -2.43. The van der Waals surface area contributed by atoms with Crippen molar-refractivity contribution < 1.29 is 19.1 Å². The van der Waals surface area contributed by atoms with Crippen LogP contribution in [0.1, 0.15) is 29.3 Å². The minimum atomic E-state index is -0.478. The molecule has 0 saturated carbocycles. The highest BCUT2D eigenvalue weighted by molar-refractivity contribution is 6.05. The van der Waals surface area contributed by atoms with Crippen LogP contribution >= 0.6 is 0 Å². The van der Waals surface area contributed by atoms with Gasteiger partial charge in [-0.15, -0.1) is 0 Å². The second-order valence-electron chi connectivity index (χ2n) is 7.78. The van der Waals surface area contributed by atoms with E-state index in [1.807, 2.05) is 19.0 Å². The van der Waals surface area contributed by atoms with E-state index in [-0.39, 0.29) is 25.1 Å². The lowest BCUT2D eigenvalue weighted by molar-refractivity contribution is -0.141. The van der Waals surface area contributed by atoms with Gasteiger partial charge in [0.05, 0.1) is 18.0 Å². The molecule has 2 rings (SSSR count). The monoisotopic (exact) mass is 455 g/mol. The Hall–Kier alpha value is -3.59. The standard InChI is InChI=1S/C24H33N5O4/c1-4-33-22(30)16-26-24(32)29(15-7-14-28(2)3)17-18-10-12-19(13-11-18)23(31)27-21-9-6-5-8-20(21)25/h5-6,8-13H,4,7,14-17,25H2,1-3H3,(H,26,32)(H,27,31). The van der Waals surface area contributed by atoms with Crippen LogP contribution in [-0.4, -0.2) is 68.0 Å². The van der Waals surface area contributed by atoms with E-state index in [1.165, 1.54) is 0 Å². The van der Waals surface area contributed by atoms with E-state index in [4.69, 9.17) is 10.5 Å². The number of urea groups is 1. The van der Waals surface area contributed by atoms with Crippen LogP contribution in [-0.2, 0) is 16.1 Å². The number of carbonyl (C=O) groups is 3. The van der Waals surface area contributed by atoms with Gasteiger partial charge < -0.3 is 30.9 Å². The van der Waals surface area contributed by atoms with Crippen LogP contribution in [0.5, 0.6) is 0 Å². The Morgan fingerprint density at radius 1 is 1.00 bits per heavy atom. The fourth-order valence-corrected chi connectivity index (χ4v) is 3.09. The number of nitrogens with two attached hydrogens (primary N) is 1. The van der Waals surface area contributed by atoms with Crippen LogP contribution in [0, 0.1) is 0 Å². The SMILES string of the molecule is CCOC(=O)CNC(=O)N(CCCN(C)C)Cc1ccc(C(=O)Nc2ccccc2N)cc1. The summed E-state index contributed by atoms with van der Waals surface area (Å²) in [7, 11) is 3.94. The minimum Gasteiger partial charge on any atom is -0.465 e. The predicted octanol–water partition coefficient (Wildman–Crippen LogP) is 2.55. The van der Waals surface area contributed by atoms with Crippen molar-refractivity contribution in [3.63, 3.8) is 0 Å². The number of esters is 1. The van der Waals surface area contributed by atoms with E-state index < -0.39 is 5.97 Å². The Kier molecular flexibility index (Phi) is 10.2. The summed E-state index contributed by atoms with van der Waals surface area (Å²) in [5.41, 5.74) is 8.27. The van der Waals surface area contributed by atoms with Gasteiger partial charge in [0.1, 0.15) is 6.54 Å². The van der Waals surface area contributed by atoms with E-state index in [1.54, 1.807) is 60.4 Å². The second-order valence-corrected chi connectivity index (χ2v) is 7.78. The summed E-state index contributed by atoms with van der Waals surface area (Å²) in [6.45, 7) is 3.48. The maximum Gasteiger partial charge on any atom is 0.325 e. The summed E-state index contributed by atoms with van der Waals surface area (Å²) in [5.74, 6) is -0.747. The van der Waals surface area contributed by atoms with E-state index in [0.29, 0.717) is 30.0 Å². The van der Waals surface area contributed by atoms with Crippen molar-refractivity contribution in [3.8, 4) is 0 Å². The molecule has 0 spiro atoms. The number of amides is 3. The summed E-state index contributed by atoms with van der Waals surface area (Å²) < 4.78 is 4.86. The van der Waals surface area contributed by atoms with Crippen molar-refractivity contribution in [3.05, 3.63) is 59.7 Å².